The predicted octanol–water partition coefficient (Wildman–Crippen LogP) is 2.67. The molecule has 1 aromatic rings. The molecule has 1 aliphatic heterocycles. The van der Waals surface area contributed by atoms with Gasteiger partial charge < -0.3 is 14.7 Å². The molecule has 2 aliphatic rings. The van der Waals surface area contributed by atoms with Gasteiger partial charge in [-0.25, -0.2) is 0 Å². The third-order valence-electron chi connectivity index (χ3n) is 4.89. The van der Waals surface area contributed by atoms with E-state index in [-0.39, 0.29) is 6.10 Å². The van der Waals surface area contributed by atoms with Gasteiger partial charge in [-0.2, -0.15) is 0 Å². The third-order valence-corrected chi connectivity index (χ3v) is 4.89. The summed E-state index contributed by atoms with van der Waals surface area (Å²) in [6.07, 6.45) is 4.89. The first-order chi connectivity index (χ1) is 10.1. The number of hydrogen-bond donors (Lipinski definition) is 1. The summed E-state index contributed by atoms with van der Waals surface area (Å²) in [5, 5.41) is 9.54. The highest BCUT2D eigenvalue weighted by Crippen LogP contribution is 2.44. The number of nitrogens with zero attached hydrogens (tertiary/aromatic N) is 1. The van der Waals surface area contributed by atoms with Gasteiger partial charge in [-0.1, -0.05) is 18.6 Å². The van der Waals surface area contributed by atoms with E-state index in [1.807, 2.05) is 24.3 Å². The Kier molecular flexibility index (Phi) is 3.89. The molecule has 0 amide bonds. The Morgan fingerprint density at radius 3 is 2.81 bits per heavy atom. The van der Waals surface area contributed by atoms with E-state index in [4.69, 9.17) is 4.74 Å². The number of aliphatic carboxylic acids is 1. The quantitative estimate of drug-likeness (QED) is 0.926. The number of benzene rings is 1. The standard InChI is InChI=1S/C17H23NO3/c1-18-10-3-7-15(12-18)21-14-6-2-5-13(11-14)17(16(19)20)8-4-9-17/h2,5-6,11,15H,3-4,7-10,12H2,1H3,(H,19,20). The van der Waals surface area contributed by atoms with Gasteiger partial charge in [-0.3, -0.25) is 4.79 Å². The largest absolute Gasteiger partial charge is 0.489 e. The van der Waals surface area contributed by atoms with Crippen LogP contribution in [0.4, 0.5) is 0 Å². The normalized spacial score (nSPS) is 25.1. The molecule has 1 N–H and O–H groups in total. The molecule has 114 valence electrons. The topological polar surface area (TPSA) is 49.8 Å². The second-order valence-corrected chi connectivity index (χ2v) is 6.41. The maximum absolute atomic E-state index is 11.6. The van der Waals surface area contributed by atoms with Crippen molar-refractivity contribution in [2.45, 2.75) is 43.6 Å². The van der Waals surface area contributed by atoms with E-state index < -0.39 is 11.4 Å². The van der Waals surface area contributed by atoms with E-state index >= 15 is 0 Å². The number of rotatable bonds is 4. The summed E-state index contributed by atoms with van der Waals surface area (Å²) < 4.78 is 6.08. The molecule has 0 bridgehead atoms. The second kappa shape index (κ2) is 5.68. The average Bonchev–Trinajstić information content (AvgIpc) is 2.37. The van der Waals surface area contributed by atoms with Gasteiger partial charge in [-0.05, 0) is 57.0 Å². The van der Waals surface area contributed by atoms with Crippen molar-refractivity contribution in [3.8, 4) is 5.75 Å². The Balaban J connectivity index is 1.75. The molecule has 4 heteroatoms. The average molecular weight is 289 g/mol. The van der Waals surface area contributed by atoms with Crippen LogP contribution in [-0.2, 0) is 10.2 Å². The zero-order chi connectivity index (χ0) is 14.9. The van der Waals surface area contributed by atoms with Crippen LogP contribution in [0.1, 0.15) is 37.7 Å². The van der Waals surface area contributed by atoms with Gasteiger partial charge in [0.2, 0.25) is 0 Å². The number of likely N-dealkylation sites (N-methyl/N-ethyl adjacent to an activating group) is 1. The number of carboxylic acids is 1. The monoisotopic (exact) mass is 289 g/mol. The van der Waals surface area contributed by atoms with Crippen LogP contribution in [0.15, 0.2) is 24.3 Å². The maximum Gasteiger partial charge on any atom is 0.314 e. The van der Waals surface area contributed by atoms with Crippen LogP contribution in [0.25, 0.3) is 0 Å². The molecule has 1 saturated carbocycles. The van der Waals surface area contributed by atoms with Gasteiger partial charge in [-0.15, -0.1) is 0 Å². The fourth-order valence-corrected chi connectivity index (χ4v) is 3.43. The molecule has 1 saturated heterocycles. The predicted molar refractivity (Wildman–Crippen MR) is 80.8 cm³/mol. The van der Waals surface area contributed by atoms with E-state index in [1.165, 1.54) is 0 Å². The smallest absolute Gasteiger partial charge is 0.314 e. The lowest BCUT2D eigenvalue weighted by Gasteiger charge is -2.38. The Morgan fingerprint density at radius 1 is 1.38 bits per heavy atom. The van der Waals surface area contributed by atoms with Gasteiger partial charge in [0, 0.05) is 6.54 Å². The molecule has 1 atom stereocenters. The lowest BCUT2D eigenvalue weighted by atomic mass is 9.64. The molecule has 3 rings (SSSR count). The van der Waals surface area contributed by atoms with Crippen molar-refractivity contribution in [3.63, 3.8) is 0 Å². The molecule has 1 heterocycles. The van der Waals surface area contributed by atoms with Crippen LogP contribution in [0.3, 0.4) is 0 Å². The first-order valence-electron chi connectivity index (χ1n) is 7.79. The summed E-state index contributed by atoms with van der Waals surface area (Å²) in [5.74, 6) is 0.101. The van der Waals surface area contributed by atoms with E-state index in [9.17, 15) is 9.90 Å². The Morgan fingerprint density at radius 2 is 2.19 bits per heavy atom. The molecule has 1 unspecified atom stereocenters. The number of carboxylic acid groups (broad SMARTS) is 1. The van der Waals surface area contributed by atoms with Crippen molar-refractivity contribution in [3.05, 3.63) is 29.8 Å². The van der Waals surface area contributed by atoms with Crippen molar-refractivity contribution >= 4 is 5.97 Å². The van der Waals surface area contributed by atoms with E-state index in [0.29, 0.717) is 0 Å². The lowest BCUT2D eigenvalue weighted by Crippen LogP contribution is -2.42. The van der Waals surface area contributed by atoms with E-state index in [0.717, 1.165) is 56.5 Å². The van der Waals surface area contributed by atoms with Crippen molar-refractivity contribution < 1.29 is 14.6 Å². The van der Waals surface area contributed by atoms with Gasteiger partial charge in [0.15, 0.2) is 0 Å². The van der Waals surface area contributed by atoms with Crippen LogP contribution >= 0.6 is 0 Å². The van der Waals surface area contributed by atoms with E-state index in [1.54, 1.807) is 0 Å². The number of hydrogen-bond acceptors (Lipinski definition) is 3. The summed E-state index contributed by atoms with van der Waals surface area (Å²) in [7, 11) is 2.11. The fourth-order valence-electron chi connectivity index (χ4n) is 3.43. The van der Waals surface area contributed by atoms with Crippen molar-refractivity contribution in [2.24, 2.45) is 0 Å². The molecule has 0 aromatic heterocycles. The highest BCUT2D eigenvalue weighted by atomic mass is 16.5. The van der Waals surface area contributed by atoms with Gasteiger partial charge >= 0.3 is 5.97 Å². The van der Waals surface area contributed by atoms with Gasteiger partial charge in [0.05, 0.1) is 5.41 Å². The molecule has 2 fully saturated rings. The minimum absolute atomic E-state index is 0.209. The minimum Gasteiger partial charge on any atom is -0.489 e. The summed E-state index contributed by atoms with van der Waals surface area (Å²) in [4.78, 5) is 13.9. The van der Waals surface area contributed by atoms with Crippen molar-refractivity contribution in [1.29, 1.82) is 0 Å². The first-order valence-corrected chi connectivity index (χ1v) is 7.79. The number of likely N-dealkylation sites (tertiary alicyclic amines) is 1. The summed E-state index contributed by atoms with van der Waals surface area (Å²) in [5.41, 5.74) is 0.214. The SMILES string of the molecule is CN1CCCC(Oc2cccc(C3(C(=O)O)CCC3)c2)C1. The minimum atomic E-state index is -0.705. The molecule has 21 heavy (non-hydrogen) atoms. The second-order valence-electron chi connectivity index (χ2n) is 6.41. The molecular formula is C17H23NO3. The van der Waals surface area contributed by atoms with Crippen LogP contribution in [0.5, 0.6) is 5.75 Å². The molecule has 1 aliphatic carbocycles. The highest BCUT2D eigenvalue weighted by molar-refractivity contribution is 5.82. The highest BCUT2D eigenvalue weighted by Gasteiger charge is 2.46. The molecular weight excluding hydrogens is 266 g/mol. The van der Waals surface area contributed by atoms with Crippen molar-refractivity contribution in [1.82, 2.24) is 4.90 Å². The Bertz CT molecular complexity index is 525. The lowest BCUT2D eigenvalue weighted by molar-refractivity contribution is -0.147. The number of ether oxygens (including phenoxy) is 1. The van der Waals surface area contributed by atoms with Gasteiger partial charge in [0.25, 0.3) is 0 Å². The molecule has 1 aromatic carbocycles. The van der Waals surface area contributed by atoms with Crippen LogP contribution in [0, 0.1) is 0 Å². The first kappa shape index (κ1) is 14.4. The van der Waals surface area contributed by atoms with Crippen LogP contribution in [-0.4, -0.2) is 42.2 Å². The van der Waals surface area contributed by atoms with E-state index in [2.05, 4.69) is 11.9 Å². The Hall–Kier alpha value is -1.55. The number of carbonyl (C=O) groups is 1. The van der Waals surface area contributed by atoms with Gasteiger partial charge in [0.1, 0.15) is 11.9 Å². The number of piperidine rings is 1. The fraction of sp³-hybridized carbons (Fsp3) is 0.588. The van der Waals surface area contributed by atoms with Crippen molar-refractivity contribution in [2.75, 3.05) is 20.1 Å². The molecule has 4 nitrogen and oxygen atoms in total. The summed E-state index contributed by atoms with van der Waals surface area (Å²) >= 11 is 0. The van der Waals surface area contributed by atoms with Crippen LogP contribution < -0.4 is 4.74 Å². The Labute approximate surface area is 125 Å². The molecule has 0 radical (unpaired) electrons. The third kappa shape index (κ3) is 2.77. The zero-order valence-corrected chi connectivity index (χ0v) is 12.5. The van der Waals surface area contributed by atoms with Crippen LogP contribution in [0.2, 0.25) is 0 Å². The summed E-state index contributed by atoms with van der Waals surface area (Å²) in [6, 6.07) is 7.71. The zero-order valence-electron chi connectivity index (χ0n) is 12.5. The maximum atomic E-state index is 11.6. The summed E-state index contributed by atoms with van der Waals surface area (Å²) in [6.45, 7) is 2.07. The molecule has 0 spiro atoms.